The number of anilines is 2. The number of rotatable bonds is 7. The molecule has 1 amide bonds. The fourth-order valence-corrected chi connectivity index (χ4v) is 4.69. The molecule has 3 unspecified atom stereocenters. The van der Waals surface area contributed by atoms with E-state index in [1.807, 2.05) is 31.3 Å². The van der Waals surface area contributed by atoms with E-state index < -0.39 is 29.4 Å². The van der Waals surface area contributed by atoms with Crippen LogP contribution in [0.25, 0.3) is 0 Å². The molecule has 1 heterocycles. The molecule has 0 spiro atoms. The molecule has 0 radical (unpaired) electrons. The predicted octanol–water partition coefficient (Wildman–Crippen LogP) is 5.83. The van der Waals surface area contributed by atoms with Gasteiger partial charge in [0.2, 0.25) is 5.91 Å². The standard InChI is InChI=1S/C26H30F4N2O3/c1-25(13-34-14-25)15-35-21-10-17(16-3-6-20(31-2)7-4-16)9-18(11-21)24(33)32-23-8-5-19(12-22(23)27)26(28,29)30/h3-8,12,17-18,21,31H,9-11,13-15H2,1-2H3,(H,32,33). The van der Waals surface area contributed by atoms with Crippen molar-refractivity contribution in [2.24, 2.45) is 11.3 Å². The van der Waals surface area contributed by atoms with Crippen LogP contribution in [0.2, 0.25) is 0 Å². The second kappa shape index (κ2) is 10.1. The van der Waals surface area contributed by atoms with Gasteiger partial charge in [0.25, 0.3) is 0 Å². The van der Waals surface area contributed by atoms with E-state index in [9.17, 15) is 22.4 Å². The van der Waals surface area contributed by atoms with Gasteiger partial charge in [0.1, 0.15) is 5.82 Å². The number of benzene rings is 2. The van der Waals surface area contributed by atoms with Crippen LogP contribution in [-0.4, -0.2) is 38.9 Å². The zero-order valence-corrected chi connectivity index (χ0v) is 19.8. The lowest BCUT2D eigenvalue weighted by Crippen LogP contribution is -2.45. The van der Waals surface area contributed by atoms with Crippen molar-refractivity contribution >= 4 is 17.3 Å². The average Bonchev–Trinajstić information content (AvgIpc) is 2.82. The lowest BCUT2D eigenvalue weighted by molar-refractivity contribution is -0.155. The Morgan fingerprint density at radius 2 is 1.83 bits per heavy atom. The quantitative estimate of drug-likeness (QED) is 0.476. The maximum atomic E-state index is 14.3. The van der Waals surface area contributed by atoms with Crippen molar-refractivity contribution in [3.05, 3.63) is 59.4 Å². The van der Waals surface area contributed by atoms with Crippen molar-refractivity contribution in [1.82, 2.24) is 0 Å². The number of alkyl halides is 3. The van der Waals surface area contributed by atoms with Gasteiger partial charge in [0.15, 0.2) is 0 Å². The summed E-state index contributed by atoms with van der Waals surface area (Å²) in [7, 11) is 1.84. The van der Waals surface area contributed by atoms with Gasteiger partial charge in [-0.15, -0.1) is 0 Å². The smallest absolute Gasteiger partial charge is 0.388 e. The Morgan fingerprint density at radius 3 is 2.40 bits per heavy atom. The van der Waals surface area contributed by atoms with E-state index in [1.54, 1.807) is 0 Å². The van der Waals surface area contributed by atoms with E-state index >= 15 is 0 Å². The summed E-state index contributed by atoms with van der Waals surface area (Å²) in [5, 5.41) is 5.58. The molecule has 4 rings (SSSR count). The van der Waals surface area contributed by atoms with Crippen molar-refractivity contribution in [3.63, 3.8) is 0 Å². The fourth-order valence-electron chi connectivity index (χ4n) is 4.69. The average molecular weight is 495 g/mol. The number of carbonyl (C=O) groups is 1. The van der Waals surface area contributed by atoms with Gasteiger partial charge in [-0.1, -0.05) is 19.1 Å². The Kier molecular flexibility index (Phi) is 7.38. The molecule has 1 aliphatic carbocycles. The zero-order chi connectivity index (χ0) is 25.2. The number of carbonyl (C=O) groups excluding carboxylic acids is 1. The van der Waals surface area contributed by atoms with E-state index in [0.717, 1.165) is 29.8 Å². The number of hydrogen-bond acceptors (Lipinski definition) is 4. The Morgan fingerprint density at radius 1 is 1.11 bits per heavy atom. The summed E-state index contributed by atoms with van der Waals surface area (Å²) in [5.74, 6) is -1.96. The molecule has 2 N–H and O–H groups in total. The van der Waals surface area contributed by atoms with E-state index in [2.05, 4.69) is 17.6 Å². The molecule has 35 heavy (non-hydrogen) atoms. The summed E-state index contributed by atoms with van der Waals surface area (Å²) >= 11 is 0. The van der Waals surface area contributed by atoms with Crippen LogP contribution in [0.4, 0.5) is 28.9 Å². The summed E-state index contributed by atoms with van der Waals surface area (Å²) < 4.78 is 64.4. The Hall–Kier alpha value is -2.65. The first-order valence-corrected chi connectivity index (χ1v) is 11.7. The van der Waals surface area contributed by atoms with Crippen molar-refractivity contribution in [1.29, 1.82) is 0 Å². The molecule has 3 atom stereocenters. The van der Waals surface area contributed by atoms with Gasteiger partial charge in [-0.05, 0) is 61.1 Å². The molecule has 2 fully saturated rings. The van der Waals surface area contributed by atoms with Crippen LogP contribution >= 0.6 is 0 Å². The molecular formula is C26H30F4N2O3. The van der Waals surface area contributed by atoms with Gasteiger partial charge >= 0.3 is 6.18 Å². The fraction of sp³-hybridized carbons (Fsp3) is 0.500. The molecule has 190 valence electrons. The van der Waals surface area contributed by atoms with E-state index in [0.29, 0.717) is 38.7 Å². The normalized spacial score (nSPS) is 23.9. The Labute approximate surface area is 202 Å². The Balaban J connectivity index is 1.49. The number of ether oxygens (including phenoxy) is 2. The van der Waals surface area contributed by atoms with Crippen molar-refractivity contribution in [2.75, 3.05) is 37.5 Å². The lowest BCUT2D eigenvalue weighted by Gasteiger charge is -2.41. The van der Waals surface area contributed by atoms with E-state index in [1.165, 1.54) is 0 Å². The van der Waals surface area contributed by atoms with Gasteiger partial charge < -0.3 is 20.1 Å². The van der Waals surface area contributed by atoms with Crippen LogP contribution in [-0.2, 0) is 20.4 Å². The topological polar surface area (TPSA) is 59.6 Å². The second-order valence-corrected chi connectivity index (χ2v) is 9.89. The van der Waals surface area contributed by atoms with Crippen LogP contribution in [0.5, 0.6) is 0 Å². The van der Waals surface area contributed by atoms with Crippen molar-refractivity contribution in [2.45, 2.75) is 44.4 Å². The third kappa shape index (κ3) is 6.13. The van der Waals surface area contributed by atoms with Crippen LogP contribution in [0.1, 0.15) is 43.2 Å². The van der Waals surface area contributed by atoms with Gasteiger partial charge in [-0.3, -0.25) is 4.79 Å². The van der Waals surface area contributed by atoms with E-state index in [-0.39, 0.29) is 23.1 Å². The minimum atomic E-state index is -4.66. The summed E-state index contributed by atoms with van der Waals surface area (Å²) in [6.45, 7) is 3.87. The molecule has 0 bridgehead atoms. The number of amides is 1. The van der Waals surface area contributed by atoms with Gasteiger partial charge in [-0.25, -0.2) is 4.39 Å². The highest BCUT2D eigenvalue weighted by atomic mass is 19.4. The first-order chi connectivity index (χ1) is 16.6. The van der Waals surface area contributed by atoms with Gasteiger partial charge in [-0.2, -0.15) is 13.2 Å². The van der Waals surface area contributed by atoms with Crippen LogP contribution in [0, 0.1) is 17.2 Å². The molecule has 0 aromatic heterocycles. The number of halogens is 4. The van der Waals surface area contributed by atoms with Crippen molar-refractivity contribution in [3.8, 4) is 0 Å². The highest BCUT2D eigenvalue weighted by molar-refractivity contribution is 5.92. The summed E-state index contributed by atoms with van der Waals surface area (Å²) in [5.41, 5.74) is 0.650. The monoisotopic (exact) mass is 494 g/mol. The minimum absolute atomic E-state index is 0.0392. The third-order valence-corrected chi connectivity index (χ3v) is 6.83. The minimum Gasteiger partial charge on any atom is -0.388 e. The summed E-state index contributed by atoms with van der Waals surface area (Å²) in [6.07, 6.45) is -3.10. The summed E-state index contributed by atoms with van der Waals surface area (Å²) in [6, 6.07) is 10.1. The third-order valence-electron chi connectivity index (χ3n) is 6.83. The maximum Gasteiger partial charge on any atom is 0.416 e. The van der Waals surface area contributed by atoms with Crippen LogP contribution < -0.4 is 10.6 Å². The molecule has 5 nitrogen and oxygen atoms in total. The molecule has 2 aromatic rings. The molecule has 2 aromatic carbocycles. The molecule has 1 aliphatic heterocycles. The molecular weight excluding hydrogens is 464 g/mol. The Bertz CT molecular complexity index is 1040. The predicted molar refractivity (Wildman–Crippen MR) is 125 cm³/mol. The zero-order valence-electron chi connectivity index (χ0n) is 19.8. The first-order valence-electron chi connectivity index (χ1n) is 11.7. The second-order valence-electron chi connectivity index (χ2n) is 9.89. The highest BCUT2D eigenvalue weighted by Gasteiger charge is 2.38. The van der Waals surface area contributed by atoms with Crippen molar-refractivity contribution < 1.29 is 31.8 Å². The van der Waals surface area contributed by atoms with Gasteiger partial charge in [0.05, 0.1) is 37.2 Å². The molecule has 1 saturated carbocycles. The first kappa shape index (κ1) is 25.4. The number of nitrogens with one attached hydrogen (secondary N) is 2. The molecule has 9 heteroatoms. The van der Waals surface area contributed by atoms with E-state index in [4.69, 9.17) is 9.47 Å². The highest BCUT2D eigenvalue weighted by Crippen LogP contribution is 2.40. The lowest BCUT2D eigenvalue weighted by atomic mass is 9.76. The molecule has 2 aliphatic rings. The van der Waals surface area contributed by atoms with Crippen LogP contribution in [0.3, 0.4) is 0 Å². The molecule has 1 saturated heterocycles. The largest absolute Gasteiger partial charge is 0.416 e. The number of hydrogen-bond donors (Lipinski definition) is 2. The SMILES string of the molecule is CNc1ccc(C2CC(OCC3(C)COC3)CC(C(=O)Nc3ccc(C(F)(F)F)cc3F)C2)cc1. The van der Waals surface area contributed by atoms with Crippen LogP contribution in [0.15, 0.2) is 42.5 Å². The summed E-state index contributed by atoms with van der Waals surface area (Å²) in [4.78, 5) is 13.1. The maximum absolute atomic E-state index is 14.3. The van der Waals surface area contributed by atoms with Gasteiger partial charge in [0, 0.05) is 24.1 Å².